The third-order valence-electron chi connectivity index (χ3n) is 2.95. The molecule has 4 nitrogen and oxygen atoms in total. The Balaban J connectivity index is 2.49. The molecule has 0 unspecified atom stereocenters. The van der Waals surface area contributed by atoms with Crippen LogP contribution >= 0.6 is 11.3 Å². The number of fused-ring (bicyclic) bond motifs is 1. The Morgan fingerprint density at radius 2 is 1.65 bits per heavy atom. The van der Waals surface area contributed by atoms with E-state index >= 15 is 0 Å². The molecule has 0 radical (unpaired) electrons. The SMILES string of the molecule is CCOC(=O)c1sc2[se]c(C(=O)OCC)c(C)c2c1C. The first-order chi connectivity index (χ1) is 9.51. The van der Waals surface area contributed by atoms with Gasteiger partial charge in [0, 0.05) is 0 Å². The van der Waals surface area contributed by atoms with Crippen LogP contribution in [0.15, 0.2) is 0 Å². The molecule has 0 atom stereocenters. The van der Waals surface area contributed by atoms with E-state index in [1.165, 1.54) is 11.3 Å². The molecule has 0 aliphatic rings. The summed E-state index contributed by atoms with van der Waals surface area (Å²) in [6.45, 7) is 8.18. The second-order valence-electron chi connectivity index (χ2n) is 4.22. The van der Waals surface area contributed by atoms with E-state index in [9.17, 15) is 9.59 Å². The topological polar surface area (TPSA) is 52.6 Å². The van der Waals surface area contributed by atoms with E-state index in [0.717, 1.165) is 24.5 Å². The molecule has 0 aromatic carbocycles. The molecule has 0 fully saturated rings. The van der Waals surface area contributed by atoms with Gasteiger partial charge in [-0.2, -0.15) is 0 Å². The van der Waals surface area contributed by atoms with E-state index in [-0.39, 0.29) is 26.4 Å². The fraction of sp³-hybridized carbons (Fsp3) is 0.429. The van der Waals surface area contributed by atoms with Gasteiger partial charge in [-0.3, -0.25) is 0 Å². The Kier molecular flexibility index (Phi) is 4.68. The summed E-state index contributed by atoms with van der Waals surface area (Å²) in [6, 6.07) is 0. The number of rotatable bonds is 4. The van der Waals surface area contributed by atoms with Gasteiger partial charge in [-0.1, -0.05) is 0 Å². The third-order valence-corrected chi connectivity index (χ3v) is 7.21. The van der Waals surface area contributed by atoms with Crippen LogP contribution in [0.3, 0.4) is 0 Å². The molecule has 0 N–H and O–H groups in total. The van der Waals surface area contributed by atoms with Crippen molar-refractivity contribution in [3.05, 3.63) is 20.4 Å². The fourth-order valence-corrected chi connectivity index (χ4v) is 6.39. The van der Waals surface area contributed by atoms with E-state index in [2.05, 4.69) is 0 Å². The number of esters is 2. The van der Waals surface area contributed by atoms with Gasteiger partial charge in [0.1, 0.15) is 0 Å². The molecule has 2 aromatic heterocycles. The normalized spacial score (nSPS) is 10.8. The van der Waals surface area contributed by atoms with Gasteiger partial charge in [-0.25, -0.2) is 0 Å². The van der Waals surface area contributed by atoms with Gasteiger partial charge in [-0.05, 0) is 0 Å². The molecule has 0 saturated carbocycles. The molecule has 0 amide bonds. The van der Waals surface area contributed by atoms with E-state index in [1.54, 1.807) is 13.8 Å². The molecule has 2 aromatic rings. The van der Waals surface area contributed by atoms with Crippen molar-refractivity contribution in [2.45, 2.75) is 27.7 Å². The van der Waals surface area contributed by atoms with Gasteiger partial charge in [0.15, 0.2) is 0 Å². The van der Waals surface area contributed by atoms with E-state index in [1.807, 2.05) is 13.8 Å². The summed E-state index contributed by atoms with van der Waals surface area (Å²) in [6.07, 6.45) is 0. The van der Waals surface area contributed by atoms with Gasteiger partial charge in [-0.15, -0.1) is 0 Å². The molecule has 6 heteroatoms. The first-order valence-corrected chi connectivity index (χ1v) is 8.90. The number of aryl methyl sites for hydroxylation is 2. The second-order valence-corrected chi connectivity index (χ2v) is 7.96. The van der Waals surface area contributed by atoms with E-state index in [4.69, 9.17) is 9.47 Å². The van der Waals surface area contributed by atoms with E-state index in [0.29, 0.717) is 18.1 Å². The molecule has 2 heterocycles. The predicted octanol–water partition coefficient (Wildman–Crippen LogP) is 2.93. The standard InChI is InChI=1S/C14H16O4SSe/c1-5-17-12(15)10-7(3)9-8(4)11(13(16)18-6-2)20-14(9)19-10/h5-6H2,1-4H3. The summed E-state index contributed by atoms with van der Waals surface area (Å²) in [7, 11) is 0. The summed E-state index contributed by atoms with van der Waals surface area (Å²) in [4.78, 5) is 24.4. The van der Waals surface area contributed by atoms with Crippen LogP contribution in [-0.4, -0.2) is 39.7 Å². The number of hydrogen-bond donors (Lipinski definition) is 0. The summed E-state index contributed by atoms with van der Waals surface area (Å²) >= 11 is 1.37. The van der Waals surface area contributed by atoms with Crippen molar-refractivity contribution >= 4 is 46.7 Å². The maximum atomic E-state index is 11.9. The monoisotopic (exact) mass is 360 g/mol. The fourth-order valence-electron chi connectivity index (χ4n) is 2.06. The van der Waals surface area contributed by atoms with Gasteiger partial charge in [0.2, 0.25) is 0 Å². The molecular formula is C14H16O4SSe. The van der Waals surface area contributed by atoms with Crippen LogP contribution in [0.25, 0.3) is 8.96 Å². The van der Waals surface area contributed by atoms with Crippen molar-refractivity contribution < 1.29 is 19.1 Å². The second kappa shape index (κ2) is 6.12. The van der Waals surface area contributed by atoms with Gasteiger partial charge < -0.3 is 0 Å². The average Bonchev–Trinajstić information content (AvgIpc) is 2.89. The van der Waals surface area contributed by atoms with Crippen molar-refractivity contribution in [2.75, 3.05) is 13.2 Å². The number of thiophene rings is 1. The molecule has 20 heavy (non-hydrogen) atoms. The Morgan fingerprint density at radius 3 is 2.20 bits per heavy atom. The Labute approximate surface area is 127 Å². The van der Waals surface area contributed by atoms with Crippen LogP contribution < -0.4 is 0 Å². The predicted molar refractivity (Wildman–Crippen MR) is 80.2 cm³/mol. The molecule has 0 saturated heterocycles. The van der Waals surface area contributed by atoms with Crippen LogP contribution in [0.2, 0.25) is 0 Å². The number of carbonyl (C=O) groups excluding carboxylic acids is 2. The zero-order valence-electron chi connectivity index (χ0n) is 11.9. The van der Waals surface area contributed by atoms with Crippen molar-refractivity contribution in [1.29, 1.82) is 0 Å². The zero-order chi connectivity index (χ0) is 14.9. The Hall–Kier alpha value is -1.10. The first kappa shape index (κ1) is 15.3. The van der Waals surface area contributed by atoms with Crippen LogP contribution in [0, 0.1) is 13.8 Å². The quantitative estimate of drug-likeness (QED) is 0.622. The van der Waals surface area contributed by atoms with Crippen LogP contribution in [0.1, 0.15) is 43.9 Å². The summed E-state index contributed by atoms with van der Waals surface area (Å²) < 4.78 is 12.0. The minimum absolute atomic E-state index is 0.0775. The van der Waals surface area contributed by atoms with Gasteiger partial charge >= 0.3 is 127 Å². The van der Waals surface area contributed by atoms with Crippen molar-refractivity contribution in [3.8, 4) is 0 Å². The van der Waals surface area contributed by atoms with Crippen LogP contribution in [0.4, 0.5) is 0 Å². The van der Waals surface area contributed by atoms with Crippen LogP contribution in [-0.2, 0) is 9.47 Å². The number of ether oxygens (including phenoxy) is 2. The van der Waals surface area contributed by atoms with Gasteiger partial charge in [0.05, 0.1) is 0 Å². The summed E-state index contributed by atoms with van der Waals surface area (Å²) in [5.74, 6) is -0.504. The van der Waals surface area contributed by atoms with Crippen LogP contribution in [0.5, 0.6) is 0 Å². The average molecular weight is 359 g/mol. The molecule has 0 aliphatic carbocycles. The van der Waals surface area contributed by atoms with Crippen molar-refractivity contribution in [2.24, 2.45) is 0 Å². The summed E-state index contributed by atoms with van der Waals surface area (Å²) in [5, 5.41) is 1.04. The molecular weight excluding hydrogens is 343 g/mol. The molecule has 2 rings (SSSR count). The Morgan fingerprint density at radius 1 is 1.05 bits per heavy atom. The number of carbonyl (C=O) groups is 2. The van der Waals surface area contributed by atoms with Crippen molar-refractivity contribution in [3.63, 3.8) is 0 Å². The maximum absolute atomic E-state index is 11.9. The van der Waals surface area contributed by atoms with Gasteiger partial charge in [0.25, 0.3) is 0 Å². The molecule has 0 aliphatic heterocycles. The molecule has 108 valence electrons. The molecule has 0 spiro atoms. The molecule has 0 bridgehead atoms. The zero-order valence-corrected chi connectivity index (χ0v) is 14.4. The first-order valence-electron chi connectivity index (χ1n) is 6.37. The minimum atomic E-state index is -0.273. The summed E-state index contributed by atoms with van der Waals surface area (Å²) in [5.41, 5.74) is 1.87. The Bertz CT molecular complexity index is 615. The van der Waals surface area contributed by atoms with E-state index < -0.39 is 0 Å². The third kappa shape index (κ3) is 2.55. The number of hydrogen-bond acceptors (Lipinski definition) is 5. The van der Waals surface area contributed by atoms with Crippen molar-refractivity contribution in [1.82, 2.24) is 0 Å².